The molecule has 5 nitrogen and oxygen atoms in total. The zero-order valence-corrected chi connectivity index (χ0v) is 15.4. The Morgan fingerprint density at radius 2 is 1.82 bits per heavy atom. The largest absolute Gasteiger partial charge is 0.494 e. The van der Waals surface area contributed by atoms with Crippen LogP contribution in [0.15, 0.2) is 29.3 Å². The van der Waals surface area contributed by atoms with Gasteiger partial charge in [-0.15, -0.1) is 24.0 Å². The van der Waals surface area contributed by atoms with E-state index in [2.05, 4.69) is 15.6 Å². The number of guanidine groups is 1. The van der Waals surface area contributed by atoms with E-state index in [-0.39, 0.29) is 29.8 Å². The maximum Gasteiger partial charge on any atom is 0.191 e. The average Bonchev–Trinajstić information content (AvgIpc) is 2.51. The first-order valence-electron chi connectivity index (χ1n) is 7.17. The highest BCUT2D eigenvalue weighted by Gasteiger charge is 1.97. The summed E-state index contributed by atoms with van der Waals surface area (Å²) in [5.74, 6) is 1.16. The Labute approximate surface area is 148 Å². The molecule has 0 aliphatic rings. The van der Waals surface area contributed by atoms with E-state index in [0.29, 0.717) is 25.6 Å². The number of nitrogens with one attached hydrogen (secondary N) is 2. The lowest BCUT2D eigenvalue weighted by molar-refractivity contribution is 0.152. The van der Waals surface area contributed by atoms with E-state index >= 15 is 0 Å². The first-order valence-corrected chi connectivity index (χ1v) is 7.17. The van der Waals surface area contributed by atoms with Crippen molar-refractivity contribution in [2.45, 2.75) is 13.3 Å². The van der Waals surface area contributed by atoms with Crippen LogP contribution in [0.3, 0.4) is 0 Å². The van der Waals surface area contributed by atoms with E-state index in [9.17, 15) is 4.39 Å². The maximum absolute atomic E-state index is 12.7. The highest BCUT2D eigenvalue weighted by molar-refractivity contribution is 14.0. The number of aliphatic imine (C=N–C) groups is 1. The molecule has 126 valence electrons. The maximum atomic E-state index is 12.7. The number of hydrogen-bond acceptors (Lipinski definition) is 3. The van der Waals surface area contributed by atoms with Crippen LogP contribution in [0.25, 0.3) is 0 Å². The fourth-order valence-corrected chi connectivity index (χ4v) is 1.61. The Kier molecular flexibility index (Phi) is 12.9. The van der Waals surface area contributed by atoms with Gasteiger partial charge in [-0.2, -0.15) is 0 Å². The van der Waals surface area contributed by atoms with Gasteiger partial charge >= 0.3 is 0 Å². The topological polar surface area (TPSA) is 54.9 Å². The van der Waals surface area contributed by atoms with Gasteiger partial charge in [-0.1, -0.05) is 0 Å². The molecule has 0 heterocycles. The third kappa shape index (κ3) is 9.78. The fraction of sp³-hybridized carbons (Fsp3) is 0.533. The number of nitrogens with zero attached hydrogens (tertiary/aromatic N) is 1. The van der Waals surface area contributed by atoms with Crippen molar-refractivity contribution in [3.8, 4) is 5.75 Å². The summed E-state index contributed by atoms with van der Waals surface area (Å²) in [7, 11) is 1.73. The highest BCUT2D eigenvalue weighted by atomic mass is 127. The minimum absolute atomic E-state index is 0. The standard InChI is InChI=1S/C15H24FN3O2.HI/c1-3-20-12-10-19-15(17-2)18-9-4-11-21-14-7-5-13(16)6-8-14;/h5-8H,3-4,9-12H2,1-2H3,(H2,17,18,19);1H. The number of hydrogen-bond donors (Lipinski definition) is 2. The molecule has 0 fully saturated rings. The van der Waals surface area contributed by atoms with E-state index in [4.69, 9.17) is 9.47 Å². The zero-order valence-electron chi connectivity index (χ0n) is 13.1. The molecule has 0 atom stereocenters. The van der Waals surface area contributed by atoms with Gasteiger partial charge in [0.05, 0.1) is 13.2 Å². The Hall–Kier alpha value is -1.09. The second-order valence-corrected chi connectivity index (χ2v) is 4.28. The number of rotatable bonds is 9. The van der Waals surface area contributed by atoms with Crippen molar-refractivity contribution in [3.63, 3.8) is 0 Å². The van der Waals surface area contributed by atoms with Crippen LogP contribution in [-0.2, 0) is 4.74 Å². The Balaban J connectivity index is 0.00000441. The van der Waals surface area contributed by atoms with Gasteiger partial charge in [0.15, 0.2) is 5.96 Å². The fourth-order valence-electron chi connectivity index (χ4n) is 1.61. The number of halogens is 2. The molecule has 22 heavy (non-hydrogen) atoms. The first kappa shape index (κ1) is 20.9. The van der Waals surface area contributed by atoms with Gasteiger partial charge in [0.1, 0.15) is 11.6 Å². The number of benzene rings is 1. The molecule has 1 aromatic carbocycles. The van der Waals surface area contributed by atoms with Crippen molar-refractivity contribution in [1.82, 2.24) is 10.6 Å². The highest BCUT2D eigenvalue weighted by Crippen LogP contribution is 2.10. The molecular weight excluding hydrogens is 400 g/mol. The van der Waals surface area contributed by atoms with Gasteiger partial charge in [-0.05, 0) is 37.6 Å². The molecule has 2 N–H and O–H groups in total. The third-order valence-electron chi connectivity index (χ3n) is 2.66. The summed E-state index contributed by atoms with van der Waals surface area (Å²) >= 11 is 0. The summed E-state index contributed by atoms with van der Waals surface area (Å²) in [4.78, 5) is 4.11. The molecule has 1 aromatic rings. The Bertz CT molecular complexity index is 416. The molecule has 0 saturated carbocycles. The second kappa shape index (κ2) is 13.6. The lowest BCUT2D eigenvalue weighted by atomic mass is 10.3. The molecule has 0 amide bonds. The van der Waals surface area contributed by atoms with E-state index < -0.39 is 0 Å². The zero-order chi connectivity index (χ0) is 15.3. The molecule has 0 radical (unpaired) electrons. The summed E-state index contributed by atoms with van der Waals surface area (Å²) in [5.41, 5.74) is 0. The van der Waals surface area contributed by atoms with Crippen LogP contribution < -0.4 is 15.4 Å². The van der Waals surface area contributed by atoms with Crippen LogP contribution in [0.4, 0.5) is 4.39 Å². The van der Waals surface area contributed by atoms with Gasteiger partial charge in [0.25, 0.3) is 0 Å². The molecule has 0 aromatic heterocycles. The van der Waals surface area contributed by atoms with Crippen LogP contribution in [0.1, 0.15) is 13.3 Å². The average molecular weight is 425 g/mol. The quantitative estimate of drug-likeness (QED) is 0.276. The van der Waals surface area contributed by atoms with Crippen molar-refractivity contribution in [1.29, 1.82) is 0 Å². The summed E-state index contributed by atoms with van der Waals surface area (Å²) in [6.07, 6.45) is 0.823. The van der Waals surface area contributed by atoms with Crippen molar-refractivity contribution >= 4 is 29.9 Å². The monoisotopic (exact) mass is 425 g/mol. The van der Waals surface area contributed by atoms with Gasteiger partial charge in [-0.3, -0.25) is 4.99 Å². The molecule has 0 saturated heterocycles. The molecule has 0 aliphatic heterocycles. The molecule has 7 heteroatoms. The van der Waals surface area contributed by atoms with Gasteiger partial charge in [0.2, 0.25) is 0 Å². The Morgan fingerprint density at radius 1 is 1.14 bits per heavy atom. The smallest absolute Gasteiger partial charge is 0.191 e. The van der Waals surface area contributed by atoms with Gasteiger partial charge in [0, 0.05) is 26.7 Å². The van der Waals surface area contributed by atoms with Crippen LogP contribution >= 0.6 is 24.0 Å². The van der Waals surface area contributed by atoms with E-state index in [0.717, 1.165) is 25.5 Å². The van der Waals surface area contributed by atoms with Crippen molar-refractivity contribution in [2.24, 2.45) is 4.99 Å². The molecule has 0 unspecified atom stereocenters. The summed E-state index contributed by atoms with van der Waals surface area (Å²) < 4.78 is 23.5. The summed E-state index contributed by atoms with van der Waals surface area (Å²) in [6, 6.07) is 6.02. The molecule has 0 bridgehead atoms. The van der Waals surface area contributed by atoms with Crippen LogP contribution in [0.5, 0.6) is 5.75 Å². The Morgan fingerprint density at radius 3 is 2.45 bits per heavy atom. The SMILES string of the molecule is CCOCCNC(=NC)NCCCOc1ccc(F)cc1.I. The van der Waals surface area contributed by atoms with E-state index in [1.165, 1.54) is 12.1 Å². The van der Waals surface area contributed by atoms with Crippen molar-refractivity contribution < 1.29 is 13.9 Å². The summed E-state index contributed by atoms with van der Waals surface area (Å²) in [6.45, 7) is 5.37. The van der Waals surface area contributed by atoms with Crippen LogP contribution in [-0.4, -0.2) is 45.9 Å². The molecule has 0 spiro atoms. The number of ether oxygens (including phenoxy) is 2. The third-order valence-corrected chi connectivity index (χ3v) is 2.66. The minimum atomic E-state index is -0.258. The lowest BCUT2D eigenvalue weighted by Gasteiger charge is -2.12. The van der Waals surface area contributed by atoms with Gasteiger partial charge < -0.3 is 20.1 Å². The van der Waals surface area contributed by atoms with Gasteiger partial charge in [-0.25, -0.2) is 4.39 Å². The lowest BCUT2D eigenvalue weighted by Crippen LogP contribution is -2.39. The summed E-state index contributed by atoms with van der Waals surface area (Å²) in [5, 5.41) is 6.34. The van der Waals surface area contributed by atoms with Crippen LogP contribution in [0.2, 0.25) is 0 Å². The van der Waals surface area contributed by atoms with Crippen LogP contribution in [0, 0.1) is 5.82 Å². The molecule has 0 aliphatic carbocycles. The van der Waals surface area contributed by atoms with E-state index in [1.807, 2.05) is 6.92 Å². The molecular formula is C15H25FIN3O2. The predicted molar refractivity (Wildman–Crippen MR) is 97.8 cm³/mol. The van der Waals surface area contributed by atoms with Crippen molar-refractivity contribution in [3.05, 3.63) is 30.1 Å². The van der Waals surface area contributed by atoms with E-state index in [1.54, 1.807) is 19.2 Å². The predicted octanol–water partition coefficient (Wildman–Crippen LogP) is 2.41. The second-order valence-electron chi connectivity index (χ2n) is 4.28. The minimum Gasteiger partial charge on any atom is -0.494 e. The molecule has 1 rings (SSSR count). The first-order chi connectivity index (χ1) is 10.3. The normalized spacial score (nSPS) is 10.8. The van der Waals surface area contributed by atoms with Crippen molar-refractivity contribution in [2.75, 3.05) is 40.0 Å².